The van der Waals surface area contributed by atoms with E-state index in [1.807, 2.05) is 66.7 Å². The van der Waals surface area contributed by atoms with Gasteiger partial charge in [0.15, 0.2) is 5.78 Å². The Kier molecular flexibility index (Phi) is 43.7. The summed E-state index contributed by atoms with van der Waals surface area (Å²) in [4.78, 5) is 10.3. The van der Waals surface area contributed by atoms with Gasteiger partial charge in [-0.25, -0.2) is 0 Å². The van der Waals surface area contributed by atoms with Gasteiger partial charge in [0.25, 0.3) is 0 Å². The van der Waals surface area contributed by atoms with Crippen molar-refractivity contribution < 1.29 is 9.90 Å². The lowest BCUT2D eigenvalue weighted by atomic mass is 9.81. The van der Waals surface area contributed by atoms with Gasteiger partial charge in [-0.15, -0.1) is 12.3 Å². The first-order chi connectivity index (χ1) is 18.3. The summed E-state index contributed by atoms with van der Waals surface area (Å²) in [5.74, 6) is 4.43. The number of aliphatic hydroxyl groups is 1. The van der Waals surface area contributed by atoms with Gasteiger partial charge in [-0.05, 0) is 96.6 Å². The maximum absolute atomic E-state index is 10.3. The molecule has 1 aliphatic carbocycles. The molecule has 1 N–H and O–H groups in total. The summed E-state index contributed by atoms with van der Waals surface area (Å²) in [7, 11) is 0. The minimum absolute atomic E-state index is 0.0879. The first kappa shape index (κ1) is 47.1. The van der Waals surface area contributed by atoms with Gasteiger partial charge >= 0.3 is 0 Å². The van der Waals surface area contributed by atoms with Crippen LogP contribution in [-0.2, 0) is 4.79 Å². The summed E-state index contributed by atoms with van der Waals surface area (Å²) in [6.07, 6.45) is 21.6. The van der Waals surface area contributed by atoms with Crippen LogP contribution in [0.4, 0.5) is 0 Å². The highest BCUT2D eigenvalue weighted by Crippen LogP contribution is 2.31. The minimum atomic E-state index is 0.0879. The number of thiol groups is 1. The molecule has 0 aliphatic heterocycles. The highest BCUT2D eigenvalue weighted by molar-refractivity contribution is 7.80. The lowest BCUT2D eigenvalue weighted by molar-refractivity contribution is -0.113. The summed E-state index contributed by atoms with van der Waals surface area (Å²) >= 11 is 4.46. The van der Waals surface area contributed by atoms with E-state index in [1.165, 1.54) is 37.7 Å². The maximum atomic E-state index is 10.3. The second-order valence-corrected chi connectivity index (χ2v) is 10.2. The van der Waals surface area contributed by atoms with E-state index in [-0.39, 0.29) is 12.4 Å². The fourth-order valence-corrected chi connectivity index (χ4v) is 3.36. The zero-order chi connectivity index (χ0) is 31.8. The van der Waals surface area contributed by atoms with Gasteiger partial charge in [-0.3, -0.25) is 4.79 Å². The number of rotatable bonds is 6. The van der Waals surface area contributed by atoms with Crippen molar-refractivity contribution in [2.75, 3.05) is 6.61 Å². The summed E-state index contributed by atoms with van der Waals surface area (Å²) in [6.45, 7) is 30.1. The van der Waals surface area contributed by atoms with Gasteiger partial charge in [-0.2, -0.15) is 12.6 Å². The van der Waals surface area contributed by atoms with E-state index in [4.69, 9.17) is 11.5 Å². The Balaban J connectivity index is -0.000000124. The molecular formula is C36H66O2S. The molecule has 0 saturated heterocycles. The lowest BCUT2D eigenvalue weighted by Gasteiger charge is -2.29. The van der Waals surface area contributed by atoms with Crippen molar-refractivity contribution in [2.24, 2.45) is 11.8 Å². The topological polar surface area (TPSA) is 37.3 Å². The predicted octanol–water partition coefficient (Wildman–Crippen LogP) is 11.1. The Labute approximate surface area is 251 Å². The summed E-state index contributed by atoms with van der Waals surface area (Å²) in [6, 6.07) is 0. The Morgan fingerprint density at radius 3 is 1.74 bits per heavy atom. The van der Waals surface area contributed by atoms with Crippen LogP contribution in [0.15, 0.2) is 59.3 Å². The Morgan fingerprint density at radius 1 is 1.03 bits per heavy atom. The van der Waals surface area contributed by atoms with Crippen LogP contribution in [-0.4, -0.2) is 22.7 Å². The number of hydrogen-bond acceptors (Lipinski definition) is 3. The molecule has 1 rings (SSSR count). The number of carbonyl (C=O) groups is 1. The van der Waals surface area contributed by atoms with Crippen LogP contribution in [0.2, 0.25) is 0 Å². The predicted molar refractivity (Wildman–Crippen MR) is 185 cm³/mol. The molecule has 39 heavy (non-hydrogen) atoms. The Bertz CT molecular complexity index is 732. The second-order valence-electron chi connectivity index (χ2n) is 9.43. The number of aliphatic hydroxyl groups excluding tert-OH is 1. The molecule has 1 saturated carbocycles. The van der Waals surface area contributed by atoms with Gasteiger partial charge in [0.2, 0.25) is 0 Å². The standard InChI is InChI=1S/C9H14O.C8H16S.C7H14.C6H10O.C4H6.C2H6/c1-4-9(8(2)3)6-5-7-10;1-6-3-4-8(9)5-7(6)2;1-4-6-7(3)5-2;1-4-5(2)6(3)7;1-3-4-2;1-2/h4-6,10H,2,7H2,1,3H3;6-9H,3-5H2,1-2H3;6H,4-5H2,1-3H3;4H,1-3H3;1H,4H2,2H3;1-2H3/b6-5-,9-4+;;7-6+;5-4+;;. The highest BCUT2D eigenvalue weighted by Gasteiger charge is 2.21. The third kappa shape index (κ3) is 38.5. The van der Waals surface area contributed by atoms with Crippen molar-refractivity contribution in [3.63, 3.8) is 0 Å². The van der Waals surface area contributed by atoms with Crippen molar-refractivity contribution in [2.45, 2.75) is 134 Å². The zero-order valence-electron chi connectivity index (χ0n) is 28.2. The van der Waals surface area contributed by atoms with Crippen molar-refractivity contribution in [3.8, 4) is 12.3 Å². The molecule has 0 amide bonds. The van der Waals surface area contributed by atoms with Gasteiger partial charge < -0.3 is 5.11 Å². The number of Topliss-reactive ketones (excluding diaryl/α,β-unsaturated/α-hetero) is 1. The van der Waals surface area contributed by atoms with Crippen LogP contribution in [0, 0.1) is 24.2 Å². The summed E-state index contributed by atoms with van der Waals surface area (Å²) < 4.78 is 0. The molecule has 0 heterocycles. The fraction of sp³-hybridized carbons (Fsp3) is 0.639. The largest absolute Gasteiger partial charge is 0.392 e. The molecule has 1 aliphatic rings. The molecule has 0 bridgehead atoms. The van der Waals surface area contributed by atoms with Gasteiger partial charge in [0.05, 0.1) is 6.61 Å². The summed E-state index contributed by atoms with van der Waals surface area (Å²) in [5, 5.41) is 9.14. The van der Waals surface area contributed by atoms with Crippen LogP contribution >= 0.6 is 12.6 Å². The van der Waals surface area contributed by atoms with Crippen LogP contribution in [0.25, 0.3) is 0 Å². The minimum Gasteiger partial charge on any atom is -0.392 e. The normalized spacial score (nSPS) is 18.5. The summed E-state index contributed by atoms with van der Waals surface area (Å²) in [5.41, 5.74) is 4.43. The maximum Gasteiger partial charge on any atom is 0.155 e. The smallest absolute Gasteiger partial charge is 0.155 e. The number of ketones is 1. The van der Waals surface area contributed by atoms with Gasteiger partial charge in [0.1, 0.15) is 0 Å². The molecule has 0 aromatic carbocycles. The van der Waals surface area contributed by atoms with Crippen LogP contribution in [0.3, 0.4) is 0 Å². The number of allylic oxidation sites excluding steroid dienone is 8. The number of carbonyl (C=O) groups excluding carboxylic acids is 1. The van der Waals surface area contributed by atoms with E-state index in [1.54, 1.807) is 13.0 Å². The van der Waals surface area contributed by atoms with Crippen molar-refractivity contribution in [1.29, 1.82) is 0 Å². The molecule has 3 atom stereocenters. The average Bonchev–Trinajstić information content (AvgIpc) is 2.93. The zero-order valence-corrected chi connectivity index (χ0v) is 29.1. The van der Waals surface area contributed by atoms with E-state index >= 15 is 0 Å². The van der Waals surface area contributed by atoms with Crippen molar-refractivity contribution >= 4 is 18.4 Å². The molecule has 0 aromatic heterocycles. The van der Waals surface area contributed by atoms with E-state index in [2.05, 4.69) is 65.8 Å². The highest BCUT2D eigenvalue weighted by atomic mass is 32.1. The number of hydrogen-bond donors (Lipinski definition) is 2. The number of terminal acetylenes is 1. The molecule has 1 fully saturated rings. The fourth-order valence-electron chi connectivity index (χ4n) is 2.88. The quantitative estimate of drug-likeness (QED) is 0.111. The van der Waals surface area contributed by atoms with Crippen LogP contribution in [0.1, 0.15) is 129 Å². The van der Waals surface area contributed by atoms with Crippen molar-refractivity contribution in [3.05, 3.63) is 59.3 Å². The Hall–Kier alpha value is -1.76. The van der Waals surface area contributed by atoms with Gasteiger partial charge in [0, 0.05) is 11.7 Å². The molecule has 3 heteroatoms. The Morgan fingerprint density at radius 2 is 1.54 bits per heavy atom. The van der Waals surface area contributed by atoms with Crippen LogP contribution in [0.5, 0.6) is 0 Å². The SMILES string of the molecule is C#CCC.C/C=C(\C)C(C)=O.C=C(C)C(/C=C\CO)=C/C.CC.CC/C=C(\C)CC.CC1CCC(S)CC1C. The molecule has 0 radical (unpaired) electrons. The molecule has 2 nitrogen and oxygen atoms in total. The molecule has 0 aromatic rings. The third-order valence-corrected chi connectivity index (χ3v) is 6.55. The van der Waals surface area contributed by atoms with Crippen molar-refractivity contribution in [1.82, 2.24) is 0 Å². The average molecular weight is 563 g/mol. The third-order valence-electron chi connectivity index (χ3n) is 6.08. The van der Waals surface area contributed by atoms with E-state index in [0.29, 0.717) is 5.25 Å². The molecular weight excluding hydrogens is 496 g/mol. The van der Waals surface area contributed by atoms with E-state index in [9.17, 15) is 4.79 Å². The van der Waals surface area contributed by atoms with E-state index in [0.717, 1.165) is 35.0 Å². The van der Waals surface area contributed by atoms with Crippen LogP contribution < -0.4 is 0 Å². The second kappa shape index (κ2) is 36.2. The molecule has 228 valence electrons. The lowest BCUT2D eigenvalue weighted by Crippen LogP contribution is -2.20. The first-order valence-electron chi connectivity index (χ1n) is 14.8. The van der Waals surface area contributed by atoms with Gasteiger partial charge in [-0.1, -0.05) is 96.6 Å². The van der Waals surface area contributed by atoms with E-state index < -0.39 is 0 Å². The molecule has 3 unspecified atom stereocenters. The monoisotopic (exact) mass is 562 g/mol. The molecule has 0 spiro atoms. The first-order valence-corrected chi connectivity index (χ1v) is 15.3.